The number of ether oxygens (including phenoxy) is 1. The minimum absolute atomic E-state index is 0.0306. The lowest BCUT2D eigenvalue weighted by Crippen LogP contribution is -2.54. The van der Waals surface area contributed by atoms with Crippen molar-refractivity contribution in [1.82, 2.24) is 0 Å². The summed E-state index contributed by atoms with van der Waals surface area (Å²) >= 11 is 0. The van der Waals surface area contributed by atoms with Gasteiger partial charge in [0, 0.05) is 31.3 Å². The fraction of sp³-hybridized carbons (Fsp3) is 0.765. The molecule has 2 aliphatic carbocycles. The van der Waals surface area contributed by atoms with Crippen LogP contribution < -0.4 is 0 Å². The predicted octanol–water partition coefficient (Wildman–Crippen LogP) is 2.50. The molecule has 0 aromatic carbocycles. The van der Waals surface area contributed by atoms with Crippen LogP contribution in [0.25, 0.3) is 0 Å². The summed E-state index contributed by atoms with van der Waals surface area (Å²) in [5.41, 5.74) is 0.485. The van der Waals surface area contributed by atoms with Crippen LogP contribution in [-0.4, -0.2) is 29.6 Å². The zero-order valence-electron chi connectivity index (χ0n) is 13.4. The van der Waals surface area contributed by atoms with Crippen LogP contribution in [0.2, 0.25) is 0 Å². The quantitative estimate of drug-likeness (QED) is 0.812. The number of hydrogen-bond acceptors (Lipinski definition) is 4. The number of carbonyl (C=O) groups is 2. The van der Waals surface area contributed by atoms with E-state index in [0.717, 1.165) is 18.4 Å². The third-order valence-electron chi connectivity index (χ3n) is 5.26. The van der Waals surface area contributed by atoms with E-state index in [1.807, 2.05) is 6.92 Å². The van der Waals surface area contributed by atoms with Crippen LogP contribution in [0, 0.1) is 23.2 Å². The highest BCUT2D eigenvalue weighted by Crippen LogP contribution is 2.53. The minimum atomic E-state index is -0.457. The molecule has 2 aliphatic rings. The maximum atomic E-state index is 11.9. The van der Waals surface area contributed by atoms with Gasteiger partial charge in [-0.3, -0.25) is 9.59 Å². The van der Waals surface area contributed by atoms with Gasteiger partial charge >= 0.3 is 5.97 Å². The molecule has 0 aromatic rings. The molecule has 0 spiro atoms. The molecule has 0 heterocycles. The highest BCUT2D eigenvalue weighted by Gasteiger charge is 2.53. The maximum absolute atomic E-state index is 11.9. The molecule has 0 unspecified atom stereocenters. The van der Waals surface area contributed by atoms with Gasteiger partial charge in [0.05, 0.1) is 0 Å². The van der Waals surface area contributed by atoms with Gasteiger partial charge in [0.25, 0.3) is 0 Å². The molecule has 1 N–H and O–H groups in total. The van der Waals surface area contributed by atoms with E-state index < -0.39 is 5.41 Å². The molecule has 1 fully saturated rings. The van der Waals surface area contributed by atoms with Crippen LogP contribution in [0.4, 0.5) is 0 Å². The van der Waals surface area contributed by atoms with E-state index in [0.29, 0.717) is 12.3 Å². The largest absolute Gasteiger partial charge is 0.462 e. The highest BCUT2D eigenvalue weighted by atomic mass is 16.5. The Morgan fingerprint density at radius 1 is 1.52 bits per heavy atom. The average molecular weight is 294 g/mol. The van der Waals surface area contributed by atoms with E-state index in [4.69, 9.17) is 4.74 Å². The summed E-state index contributed by atoms with van der Waals surface area (Å²) in [6.07, 6.45) is 3.47. The first kappa shape index (κ1) is 16.2. The summed E-state index contributed by atoms with van der Waals surface area (Å²) in [4.78, 5) is 23.5. The summed E-state index contributed by atoms with van der Waals surface area (Å²) in [7, 11) is 0. The van der Waals surface area contributed by atoms with E-state index in [2.05, 4.69) is 13.8 Å². The van der Waals surface area contributed by atoms with E-state index >= 15 is 0 Å². The standard InChI is InChI=1S/C17H26O4/c1-10(2)14-5-6-17(9-18)8-13(20)7-11(3)15(17)16(14)21-12(4)19/h7,10,14-16,18H,5-6,8-9H2,1-4H3/t14-,15-,16+,17-/m0/s1. The van der Waals surface area contributed by atoms with Crippen LogP contribution in [0.5, 0.6) is 0 Å². The molecule has 0 aromatic heterocycles. The molecule has 4 heteroatoms. The first-order chi connectivity index (χ1) is 9.80. The zero-order chi connectivity index (χ0) is 15.8. The van der Waals surface area contributed by atoms with Crippen molar-refractivity contribution in [3.8, 4) is 0 Å². The molecule has 118 valence electrons. The Bertz CT molecular complexity index is 465. The molecule has 0 aliphatic heterocycles. The molecule has 0 radical (unpaired) electrons. The number of carbonyl (C=O) groups excluding carboxylic acids is 2. The third-order valence-corrected chi connectivity index (χ3v) is 5.26. The summed E-state index contributed by atoms with van der Waals surface area (Å²) in [6.45, 7) is 7.60. The van der Waals surface area contributed by atoms with Gasteiger partial charge in [-0.25, -0.2) is 0 Å². The smallest absolute Gasteiger partial charge is 0.302 e. The average Bonchev–Trinajstić information content (AvgIpc) is 2.36. The molecule has 4 atom stereocenters. The van der Waals surface area contributed by atoms with Crippen molar-refractivity contribution in [2.45, 2.75) is 53.1 Å². The van der Waals surface area contributed by atoms with Crippen molar-refractivity contribution in [2.24, 2.45) is 23.2 Å². The van der Waals surface area contributed by atoms with Gasteiger partial charge in [-0.05, 0) is 37.7 Å². The second-order valence-electron chi connectivity index (χ2n) is 7.05. The van der Waals surface area contributed by atoms with Gasteiger partial charge in [-0.15, -0.1) is 0 Å². The first-order valence-corrected chi connectivity index (χ1v) is 7.80. The highest BCUT2D eigenvalue weighted by molar-refractivity contribution is 5.92. The summed E-state index contributed by atoms with van der Waals surface area (Å²) in [5, 5.41) is 9.97. The molecule has 2 rings (SSSR count). The second kappa shape index (κ2) is 5.91. The Morgan fingerprint density at radius 2 is 2.19 bits per heavy atom. The number of ketones is 1. The van der Waals surface area contributed by atoms with Crippen molar-refractivity contribution in [1.29, 1.82) is 0 Å². The summed E-state index contributed by atoms with van der Waals surface area (Å²) < 4.78 is 5.66. The topological polar surface area (TPSA) is 63.6 Å². The third kappa shape index (κ3) is 2.91. The summed E-state index contributed by atoms with van der Waals surface area (Å²) in [5.74, 6) is 0.406. The van der Waals surface area contributed by atoms with Crippen molar-refractivity contribution in [3.05, 3.63) is 11.6 Å². The van der Waals surface area contributed by atoms with Crippen LogP contribution >= 0.6 is 0 Å². The Kier molecular flexibility index (Phi) is 4.57. The van der Waals surface area contributed by atoms with Gasteiger partial charge in [-0.2, -0.15) is 0 Å². The van der Waals surface area contributed by atoms with E-state index in [1.54, 1.807) is 6.08 Å². The number of rotatable bonds is 3. The van der Waals surface area contributed by atoms with Crippen molar-refractivity contribution < 1.29 is 19.4 Å². The van der Waals surface area contributed by atoms with Gasteiger partial charge in [-0.1, -0.05) is 19.4 Å². The van der Waals surface area contributed by atoms with Crippen LogP contribution in [0.1, 0.15) is 47.0 Å². The van der Waals surface area contributed by atoms with Gasteiger partial charge in [0.15, 0.2) is 5.78 Å². The number of esters is 1. The number of fused-ring (bicyclic) bond motifs is 1. The Hall–Kier alpha value is -1.16. The number of aliphatic hydroxyl groups is 1. The monoisotopic (exact) mass is 294 g/mol. The van der Waals surface area contributed by atoms with E-state index in [9.17, 15) is 14.7 Å². The Morgan fingerprint density at radius 3 is 2.71 bits per heavy atom. The fourth-order valence-electron chi connectivity index (χ4n) is 4.34. The predicted molar refractivity (Wildman–Crippen MR) is 79.5 cm³/mol. The molecular weight excluding hydrogens is 268 g/mol. The molecule has 0 bridgehead atoms. The van der Waals surface area contributed by atoms with Crippen LogP contribution in [0.3, 0.4) is 0 Å². The van der Waals surface area contributed by atoms with E-state index in [1.165, 1.54) is 6.92 Å². The summed E-state index contributed by atoms with van der Waals surface area (Å²) in [6, 6.07) is 0. The lowest BCUT2D eigenvalue weighted by Gasteiger charge is -2.52. The Labute approximate surface area is 126 Å². The molecule has 1 saturated carbocycles. The molecule has 4 nitrogen and oxygen atoms in total. The number of allylic oxidation sites excluding steroid dienone is 1. The van der Waals surface area contributed by atoms with Crippen molar-refractivity contribution in [3.63, 3.8) is 0 Å². The number of aliphatic hydroxyl groups excluding tert-OH is 1. The van der Waals surface area contributed by atoms with E-state index in [-0.39, 0.29) is 36.3 Å². The lowest BCUT2D eigenvalue weighted by molar-refractivity contribution is -0.166. The number of hydrogen-bond donors (Lipinski definition) is 1. The molecule has 0 saturated heterocycles. The maximum Gasteiger partial charge on any atom is 0.302 e. The lowest BCUT2D eigenvalue weighted by atomic mass is 9.54. The van der Waals surface area contributed by atoms with Crippen LogP contribution in [-0.2, 0) is 14.3 Å². The zero-order valence-corrected chi connectivity index (χ0v) is 13.4. The molecule has 0 amide bonds. The SMILES string of the molecule is CC(=O)O[C@@H]1[C@H](C(C)C)CC[C@@]2(CO)CC(=O)C=C(C)[C@@H]12. The van der Waals surface area contributed by atoms with Crippen molar-refractivity contribution >= 4 is 11.8 Å². The molecular formula is C17H26O4. The van der Waals surface area contributed by atoms with Gasteiger partial charge < -0.3 is 9.84 Å². The minimum Gasteiger partial charge on any atom is -0.462 e. The normalized spacial score (nSPS) is 36.2. The molecule has 21 heavy (non-hydrogen) atoms. The van der Waals surface area contributed by atoms with Crippen molar-refractivity contribution in [2.75, 3.05) is 6.61 Å². The van der Waals surface area contributed by atoms with Crippen LogP contribution in [0.15, 0.2) is 11.6 Å². The second-order valence-corrected chi connectivity index (χ2v) is 7.05. The first-order valence-electron chi connectivity index (χ1n) is 7.80. The fourth-order valence-corrected chi connectivity index (χ4v) is 4.34. The van der Waals surface area contributed by atoms with Gasteiger partial charge in [0.2, 0.25) is 0 Å². The Balaban J connectivity index is 2.45. The van der Waals surface area contributed by atoms with Gasteiger partial charge in [0.1, 0.15) is 6.10 Å².